The van der Waals surface area contributed by atoms with E-state index in [2.05, 4.69) is 30.9 Å². The molecule has 35 heavy (non-hydrogen) atoms. The lowest BCUT2D eigenvalue weighted by Gasteiger charge is -2.07. The van der Waals surface area contributed by atoms with Crippen LogP contribution in [0.5, 0.6) is 0 Å². The second-order valence-corrected chi connectivity index (χ2v) is 10.3. The van der Waals surface area contributed by atoms with Crippen LogP contribution in [0.2, 0.25) is 0 Å². The Bertz CT molecular complexity index is 1710. The number of aliphatic imine (C=N–C) groups is 4. The third-order valence-electron chi connectivity index (χ3n) is 5.56. The van der Waals surface area contributed by atoms with Crippen LogP contribution < -0.4 is 0 Å². The maximum atomic E-state index is 11.6. The van der Waals surface area contributed by atoms with E-state index in [0.717, 1.165) is 45.4 Å². The van der Waals surface area contributed by atoms with Gasteiger partial charge < -0.3 is 0 Å². The van der Waals surface area contributed by atoms with Crippen LogP contribution in [0.25, 0.3) is 5.57 Å². The Morgan fingerprint density at radius 2 is 1.20 bits per heavy atom. The van der Waals surface area contributed by atoms with Gasteiger partial charge in [-0.3, -0.25) is 4.55 Å². The third kappa shape index (κ3) is 4.37. The molecule has 170 valence electrons. The van der Waals surface area contributed by atoms with Gasteiger partial charge in [0.25, 0.3) is 10.1 Å². The molecule has 0 aliphatic carbocycles. The summed E-state index contributed by atoms with van der Waals surface area (Å²) < 4.78 is 32.9. The second-order valence-electron chi connectivity index (χ2n) is 8.06. The molecule has 9 heteroatoms. The fourth-order valence-electron chi connectivity index (χ4n) is 4.01. The van der Waals surface area contributed by atoms with E-state index >= 15 is 0 Å². The van der Waals surface area contributed by atoms with Gasteiger partial charge in [0.15, 0.2) is 0 Å². The van der Waals surface area contributed by atoms with Crippen molar-refractivity contribution >= 4 is 54.5 Å². The number of allylic oxidation sites excluding steroid dienone is 12. The first-order chi connectivity index (χ1) is 16.8. The van der Waals surface area contributed by atoms with Crippen LogP contribution in [-0.2, 0) is 10.1 Å². The summed E-state index contributed by atoms with van der Waals surface area (Å²) in [7, 11) is -4.35. The highest BCUT2D eigenvalue weighted by Crippen LogP contribution is 2.34. The van der Waals surface area contributed by atoms with E-state index in [0.29, 0.717) is 11.4 Å². The molecule has 0 radical (unpaired) electrons. The minimum atomic E-state index is -4.35. The van der Waals surface area contributed by atoms with Crippen molar-refractivity contribution in [3.05, 3.63) is 118 Å². The minimum Gasteiger partial charge on any atom is -0.282 e. The van der Waals surface area contributed by atoms with Crippen LogP contribution in [0.15, 0.2) is 137 Å². The monoisotopic (exact) mass is 542 g/mol. The lowest BCUT2D eigenvalue weighted by molar-refractivity contribution is 0.482. The molecule has 5 heterocycles. The lowest BCUT2D eigenvalue weighted by atomic mass is 10.0. The predicted molar refractivity (Wildman–Crippen MR) is 141 cm³/mol. The van der Waals surface area contributed by atoms with Gasteiger partial charge in [0.05, 0.1) is 45.6 Å². The molecule has 0 aromatic heterocycles. The largest absolute Gasteiger partial charge is 0.295 e. The molecule has 0 amide bonds. The van der Waals surface area contributed by atoms with E-state index in [9.17, 15) is 13.0 Å². The third-order valence-corrected chi connectivity index (χ3v) is 7.39. The van der Waals surface area contributed by atoms with Crippen molar-refractivity contribution in [1.29, 1.82) is 0 Å². The van der Waals surface area contributed by atoms with E-state index in [1.165, 1.54) is 6.07 Å². The molecule has 5 aliphatic rings. The van der Waals surface area contributed by atoms with Crippen molar-refractivity contribution in [2.75, 3.05) is 0 Å². The van der Waals surface area contributed by atoms with Gasteiger partial charge in [0.2, 0.25) is 0 Å². The Balaban J connectivity index is 1.49. The standard InChI is InChI=1S/C26H15BrN4O3S/c27-24-9-15(1-8-26(24)35(32,33)34)23-13-22-12-20-5-4-18(29-20)10-16-2-3-17(28-16)11-19-6-7-21(30-19)14-25(23)31-22/h1-14H,(H,32,33,34). The average molecular weight is 543 g/mol. The Labute approximate surface area is 209 Å². The molecule has 1 aromatic carbocycles. The van der Waals surface area contributed by atoms with Crippen molar-refractivity contribution in [2.45, 2.75) is 4.90 Å². The maximum Gasteiger partial charge on any atom is 0.295 e. The summed E-state index contributed by atoms with van der Waals surface area (Å²) in [5.41, 5.74) is 7.59. The van der Waals surface area contributed by atoms with E-state index in [1.807, 2.05) is 66.8 Å². The summed E-state index contributed by atoms with van der Waals surface area (Å²) in [5.74, 6) is 0. The lowest BCUT2D eigenvalue weighted by Crippen LogP contribution is -2.00. The summed E-state index contributed by atoms with van der Waals surface area (Å²) in [4.78, 5) is 18.5. The quantitative estimate of drug-likeness (QED) is 0.524. The highest BCUT2D eigenvalue weighted by molar-refractivity contribution is 9.10. The van der Waals surface area contributed by atoms with Crippen molar-refractivity contribution in [2.24, 2.45) is 20.0 Å². The first-order valence-electron chi connectivity index (χ1n) is 10.6. The summed E-state index contributed by atoms with van der Waals surface area (Å²) in [6, 6.07) is 4.64. The van der Waals surface area contributed by atoms with Gasteiger partial charge in [-0.05, 0) is 100 Å². The van der Waals surface area contributed by atoms with Crippen molar-refractivity contribution < 1.29 is 13.0 Å². The Morgan fingerprint density at radius 1 is 0.657 bits per heavy atom. The maximum absolute atomic E-state index is 11.6. The van der Waals surface area contributed by atoms with Crippen molar-refractivity contribution in [1.82, 2.24) is 0 Å². The molecule has 7 nitrogen and oxygen atoms in total. The summed E-state index contributed by atoms with van der Waals surface area (Å²) in [6.07, 6.45) is 21.1. The van der Waals surface area contributed by atoms with Gasteiger partial charge in [0.1, 0.15) is 4.90 Å². The number of rotatable bonds is 2. The number of benzene rings is 1. The van der Waals surface area contributed by atoms with Crippen LogP contribution in [0, 0.1) is 0 Å². The molecular weight excluding hydrogens is 528 g/mol. The predicted octanol–water partition coefficient (Wildman–Crippen LogP) is 5.12. The SMILES string of the molecule is O=S(=O)(O)c1ccc(C2=CC3=NC2=CC2=NC(=CC4=NC(=CC5=NC(=C3)C=C5)C=C4)C=C2)cc1Br. The first-order valence-corrected chi connectivity index (χ1v) is 12.8. The van der Waals surface area contributed by atoms with Crippen LogP contribution in [-0.4, -0.2) is 35.8 Å². The first kappa shape index (κ1) is 21.7. The fourth-order valence-corrected chi connectivity index (χ4v) is 5.54. The van der Waals surface area contributed by atoms with Crippen molar-refractivity contribution in [3.8, 4) is 0 Å². The zero-order valence-corrected chi connectivity index (χ0v) is 20.3. The zero-order valence-electron chi connectivity index (χ0n) is 17.9. The second kappa shape index (κ2) is 8.16. The topological polar surface area (TPSA) is 104 Å². The van der Waals surface area contributed by atoms with Gasteiger partial charge in [-0.2, -0.15) is 8.42 Å². The minimum absolute atomic E-state index is 0.199. The Kier molecular flexibility index (Phi) is 5.06. The van der Waals surface area contributed by atoms with Crippen molar-refractivity contribution in [3.63, 3.8) is 0 Å². The van der Waals surface area contributed by atoms with E-state index < -0.39 is 10.1 Å². The number of hydrogen-bond donors (Lipinski definition) is 1. The van der Waals surface area contributed by atoms with E-state index in [4.69, 9.17) is 4.99 Å². The van der Waals surface area contributed by atoms with Crippen LogP contribution >= 0.6 is 15.9 Å². The molecule has 6 rings (SSSR count). The molecule has 0 unspecified atom stereocenters. The molecule has 0 atom stereocenters. The molecule has 0 spiro atoms. The molecule has 5 aliphatic heterocycles. The summed E-state index contributed by atoms with van der Waals surface area (Å²) in [6.45, 7) is 0. The van der Waals surface area contributed by atoms with E-state index in [-0.39, 0.29) is 9.37 Å². The number of hydrogen-bond acceptors (Lipinski definition) is 6. The molecule has 0 saturated carbocycles. The zero-order chi connectivity index (χ0) is 24.2. The smallest absolute Gasteiger partial charge is 0.282 e. The van der Waals surface area contributed by atoms with Gasteiger partial charge in [0, 0.05) is 10.0 Å². The Hall–Kier alpha value is -3.79. The average Bonchev–Trinajstić information content (AvgIpc) is 3.58. The number of halogens is 1. The van der Waals surface area contributed by atoms with Gasteiger partial charge in [-0.15, -0.1) is 0 Å². The summed E-state index contributed by atoms with van der Waals surface area (Å²) >= 11 is 3.26. The normalized spacial score (nSPS) is 20.0. The summed E-state index contributed by atoms with van der Waals surface area (Å²) in [5, 5.41) is 0. The van der Waals surface area contributed by atoms with Gasteiger partial charge >= 0.3 is 0 Å². The molecule has 0 fully saturated rings. The Morgan fingerprint density at radius 3 is 1.74 bits per heavy atom. The molecular formula is C26H15BrN4O3S. The van der Waals surface area contributed by atoms with E-state index in [1.54, 1.807) is 12.1 Å². The number of nitrogens with zero attached hydrogens (tertiary/aromatic N) is 4. The van der Waals surface area contributed by atoms with Gasteiger partial charge in [-0.1, -0.05) is 6.07 Å². The van der Waals surface area contributed by atoms with Crippen LogP contribution in [0.1, 0.15) is 5.56 Å². The molecule has 8 bridgehead atoms. The van der Waals surface area contributed by atoms with Crippen LogP contribution in [0.4, 0.5) is 0 Å². The number of fused-ring (bicyclic) bond motifs is 4. The van der Waals surface area contributed by atoms with Crippen LogP contribution in [0.3, 0.4) is 0 Å². The van der Waals surface area contributed by atoms with Gasteiger partial charge in [-0.25, -0.2) is 20.0 Å². The molecule has 0 saturated heterocycles. The highest BCUT2D eigenvalue weighted by Gasteiger charge is 2.21. The molecule has 1 aromatic rings. The molecule has 1 N–H and O–H groups in total. The fraction of sp³-hybridized carbons (Fsp3) is 0. The highest BCUT2D eigenvalue weighted by atomic mass is 79.9.